The van der Waals surface area contributed by atoms with Gasteiger partial charge in [-0.2, -0.15) is 19.1 Å². The molecule has 0 saturated carbocycles. The van der Waals surface area contributed by atoms with Gasteiger partial charge in [-0.3, -0.25) is 9.88 Å². The number of ether oxygens (including phenoxy) is 2. The Bertz CT molecular complexity index is 883. The number of allylic oxidation sites excluding steroid dienone is 1. The van der Waals surface area contributed by atoms with Gasteiger partial charge in [-0.25, -0.2) is 4.79 Å². The van der Waals surface area contributed by atoms with E-state index in [1.54, 1.807) is 31.2 Å². The molecule has 2 rings (SSSR count). The summed E-state index contributed by atoms with van der Waals surface area (Å²) in [4.78, 5) is 22.3. The Labute approximate surface area is 165 Å². The van der Waals surface area contributed by atoms with Crippen LogP contribution in [0.25, 0.3) is 11.3 Å². The molecule has 0 bridgehead atoms. The minimum atomic E-state index is -4.50. The number of pyridine rings is 1. The number of benzene rings is 1. The quantitative estimate of drug-likeness (QED) is 0.438. The molecule has 0 unspecified atom stereocenters. The van der Waals surface area contributed by atoms with Gasteiger partial charge in [-0.15, -0.1) is 0 Å². The second-order valence-corrected chi connectivity index (χ2v) is 5.83. The van der Waals surface area contributed by atoms with Crippen molar-refractivity contribution >= 4 is 23.1 Å². The maximum Gasteiger partial charge on any atom is 0.417 e. The number of methoxy groups -OCH3 is 2. The minimum Gasteiger partial charge on any atom is -0.452 e. The van der Waals surface area contributed by atoms with Crippen molar-refractivity contribution in [2.45, 2.75) is 13.1 Å². The number of amides is 1. The molecule has 0 radical (unpaired) electrons. The van der Waals surface area contributed by atoms with Gasteiger partial charge in [0.05, 0.1) is 24.1 Å². The number of carbonyl (C=O) groups excluding carboxylic acids is 1. The Morgan fingerprint density at radius 3 is 2.38 bits per heavy atom. The van der Waals surface area contributed by atoms with Crippen LogP contribution in [-0.2, 0) is 20.5 Å². The van der Waals surface area contributed by atoms with Gasteiger partial charge in [-0.05, 0) is 31.2 Å². The van der Waals surface area contributed by atoms with E-state index < -0.39 is 17.8 Å². The van der Waals surface area contributed by atoms with E-state index in [-0.39, 0.29) is 18.2 Å². The van der Waals surface area contributed by atoms with Crippen molar-refractivity contribution < 1.29 is 32.3 Å². The molecule has 0 saturated heterocycles. The fourth-order valence-electron chi connectivity index (χ4n) is 2.61. The Hall–Kier alpha value is -3.11. The van der Waals surface area contributed by atoms with Crippen molar-refractivity contribution in [1.29, 1.82) is 0 Å². The van der Waals surface area contributed by atoms with Gasteiger partial charge in [0.15, 0.2) is 5.76 Å². The number of nitrogens with two attached hydrogens (primary N) is 1. The summed E-state index contributed by atoms with van der Waals surface area (Å²) in [6, 6.07) is 8.76. The fourth-order valence-corrected chi connectivity index (χ4v) is 2.61. The SMILES string of the molecule is COCN(C(=O)OC)c1ccccc1/C(ON)=C(/C)c1ccc(C(F)(F)F)cn1. The third-order valence-corrected chi connectivity index (χ3v) is 4.03. The first kappa shape index (κ1) is 22.2. The van der Waals surface area contributed by atoms with Crippen LogP contribution < -0.4 is 10.8 Å². The number of halogens is 3. The molecule has 0 atom stereocenters. The number of hydrogen-bond acceptors (Lipinski definition) is 6. The van der Waals surface area contributed by atoms with Gasteiger partial charge in [0.25, 0.3) is 0 Å². The molecule has 10 heteroatoms. The monoisotopic (exact) mass is 411 g/mol. The summed E-state index contributed by atoms with van der Waals surface area (Å²) in [5.41, 5.74) is 0.492. The summed E-state index contributed by atoms with van der Waals surface area (Å²) in [6.45, 7) is 1.48. The van der Waals surface area contributed by atoms with E-state index in [9.17, 15) is 18.0 Å². The van der Waals surface area contributed by atoms with Gasteiger partial charge in [0, 0.05) is 24.4 Å². The highest BCUT2D eigenvalue weighted by molar-refractivity contribution is 5.95. The lowest BCUT2D eigenvalue weighted by Crippen LogP contribution is -2.33. The lowest BCUT2D eigenvalue weighted by Gasteiger charge is -2.24. The second kappa shape index (κ2) is 9.39. The molecule has 1 heterocycles. The van der Waals surface area contributed by atoms with E-state index in [0.29, 0.717) is 16.8 Å². The zero-order chi connectivity index (χ0) is 21.6. The predicted molar refractivity (Wildman–Crippen MR) is 100 cm³/mol. The molecule has 0 aliphatic rings. The Balaban J connectivity index is 2.57. The first-order valence-electron chi connectivity index (χ1n) is 8.29. The van der Waals surface area contributed by atoms with Gasteiger partial charge in [-0.1, -0.05) is 12.1 Å². The third kappa shape index (κ3) is 5.04. The molecule has 1 aromatic heterocycles. The molecule has 0 aliphatic carbocycles. The number of para-hydroxylation sites is 1. The molecule has 0 aliphatic heterocycles. The van der Waals surface area contributed by atoms with Crippen molar-refractivity contribution in [2.24, 2.45) is 5.90 Å². The van der Waals surface area contributed by atoms with Crippen LogP contribution in [0.5, 0.6) is 0 Å². The minimum absolute atomic E-state index is 0.112. The molecule has 7 nitrogen and oxygen atoms in total. The molecule has 29 heavy (non-hydrogen) atoms. The molecule has 1 aromatic carbocycles. The lowest BCUT2D eigenvalue weighted by molar-refractivity contribution is -0.137. The highest BCUT2D eigenvalue weighted by Gasteiger charge is 2.31. The molecule has 0 fully saturated rings. The van der Waals surface area contributed by atoms with Gasteiger partial charge < -0.3 is 14.3 Å². The number of alkyl halides is 3. The highest BCUT2D eigenvalue weighted by Crippen LogP contribution is 2.34. The van der Waals surface area contributed by atoms with Crippen LogP contribution in [0.15, 0.2) is 42.6 Å². The number of aromatic nitrogens is 1. The normalized spacial score (nSPS) is 12.2. The van der Waals surface area contributed by atoms with E-state index in [4.69, 9.17) is 20.2 Å². The Morgan fingerprint density at radius 2 is 1.86 bits per heavy atom. The molecular weight excluding hydrogens is 391 g/mol. The molecule has 2 aromatic rings. The summed E-state index contributed by atoms with van der Waals surface area (Å²) in [6.07, 6.45) is -4.45. The number of carbonyl (C=O) groups is 1. The zero-order valence-corrected chi connectivity index (χ0v) is 16.0. The van der Waals surface area contributed by atoms with Crippen molar-refractivity contribution in [3.8, 4) is 0 Å². The summed E-state index contributed by atoms with van der Waals surface area (Å²) < 4.78 is 48.2. The van der Waals surface area contributed by atoms with Crippen LogP contribution in [0.4, 0.5) is 23.7 Å². The van der Waals surface area contributed by atoms with Crippen molar-refractivity contribution in [2.75, 3.05) is 25.9 Å². The predicted octanol–water partition coefficient (Wildman–Crippen LogP) is 4.06. The maximum absolute atomic E-state index is 12.8. The first-order valence-corrected chi connectivity index (χ1v) is 8.29. The van der Waals surface area contributed by atoms with E-state index in [2.05, 4.69) is 4.98 Å². The van der Waals surface area contributed by atoms with Crippen LogP contribution in [0.1, 0.15) is 23.7 Å². The maximum atomic E-state index is 12.8. The Kier molecular flexibility index (Phi) is 7.18. The number of rotatable bonds is 6. The van der Waals surface area contributed by atoms with E-state index in [1.165, 1.54) is 25.2 Å². The van der Waals surface area contributed by atoms with Crippen molar-refractivity contribution in [3.63, 3.8) is 0 Å². The Morgan fingerprint density at radius 1 is 1.17 bits per heavy atom. The summed E-state index contributed by atoms with van der Waals surface area (Å²) in [5, 5.41) is 0. The van der Waals surface area contributed by atoms with Gasteiger partial charge >= 0.3 is 12.3 Å². The van der Waals surface area contributed by atoms with Crippen molar-refractivity contribution in [1.82, 2.24) is 4.98 Å². The standard InChI is InChI=1S/C19H20F3N3O4/c1-12(15-9-8-13(10-24-15)19(20,21)22)17(29-23)14-6-4-5-7-16(14)25(11-27-2)18(26)28-3/h4-10H,11,23H2,1-3H3/b17-12+. The second-order valence-electron chi connectivity index (χ2n) is 5.83. The third-order valence-electron chi connectivity index (χ3n) is 4.03. The van der Waals surface area contributed by atoms with E-state index in [1.807, 2.05) is 0 Å². The molecular formula is C19H20F3N3O4. The van der Waals surface area contributed by atoms with Crippen LogP contribution in [0.3, 0.4) is 0 Å². The zero-order valence-electron chi connectivity index (χ0n) is 16.0. The van der Waals surface area contributed by atoms with Crippen LogP contribution >= 0.6 is 0 Å². The van der Waals surface area contributed by atoms with Crippen LogP contribution in [-0.4, -0.2) is 32.0 Å². The van der Waals surface area contributed by atoms with E-state index >= 15 is 0 Å². The van der Waals surface area contributed by atoms with E-state index in [0.717, 1.165) is 12.3 Å². The number of hydrogen-bond donors (Lipinski definition) is 1. The molecule has 1 amide bonds. The topological polar surface area (TPSA) is 86.9 Å². The lowest BCUT2D eigenvalue weighted by atomic mass is 10.0. The molecule has 0 spiro atoms. The average Bonchev–Trinajstić information content (AvgIpc) is 2.72. The van der Waals surface area contributed by atoms with Crippen LogP contribution in [0.2, 0.25) is 0 Å². The fraction of sp³-hybridized carbons (Fsp3) is 0.263. The molecule has 156 valence electrons. The summed E-state index contributed by atoms with van der Waals surface area (Å²) >= 11 is 0. The molecule has 2 N–H and O–H groups in total. The number of nitrogens with zero attached hydrogens (tertiary/aromatic N) is 2. The number of anilines is 1. The largest absolute Gasteiger partial charge is 0.452 e. The summed E-state index contributed by atoms with van der Waals surface area (Å²) in [5.74, 6) is 5.59. The van der Waals surface area contributed by atoms with Gasteiger partial charge in [0.2, 0.25) is 0 Å². The average molecular weight is 411 g/mol. The summed E-state index contributed by atoms with van der Waals surface area (Å²) in [7, 11) is 2.63. The van der Waals surface area contributed by atoms with Gasteiger partial charge in [0.1, 0.15) is 6.73 Å². The highest BCUT2D eigenvalue weighted by atomic mass is 19.4. The first-order chi connectivity index (χ1) is 13.7. The van der Waals surface area contributed by atoms with Crippen LogP contribution in [0, 0.1) is 0 Å². The van der Waals surface area contributed by atoms with Crippen molar-refractivity contribution in [3.05, 3.63) is 59.4 Å². The smallest absolute Gasteiger partial charge is 0.417 e.